The van der Waals surface area contributed by atoms with Crippen LogP contribution in [0.1, 0.15) is 25.3 Å². The van der Waals surface area contributed by atoms with Crippen LogP contribution >= 0.6 is 0 Å². The monoisotopic (exact) mass is 233 g/mol. The van der Waals surface area contributed by atoms with Crippen LogP contribution in [0.15, 0.2) is 30.3 Å². The van der Waals surface area contributed by atoms with E-state index in [9.17, 15) is 4.79 Å². The molecule has 1 atom stereocenters. The molecule has 1 aliphatic heterocycles. The van der Waals surface area contributed by atoms with Crippen molar-refractivity contribution in [3.8, 4) is 0 Å². The number of ether oxygens (including phenoxy) is 1. The van der Waals surface area contributed by atoms with Gasteiger partial charge in [-0.15, -0.1) is 0 Å². The molecule has 1 amide bonds. The van der Waals surface area contributed by atoms with Gasteiger partial charge in [-0.2, -0.15) is 0 Å². The lowest BCUT2D eigenvalue weighted by Crippen LogP contribution is -2.39. The van der Waals surface area contributed by atoms with Gasteiger partial charge in [0.1, 0.15) is 6.61 Å². The molecular formula is C14H19NO2. The molecule has 1 aromatic rings. The van der Waals surface area contributed by atoms with Crippen LogP contribution in [0.2, 0.25) is 0 Å². The minimum Gasteiger partial charge on any atom is -0.445 e. The molecule has 1 aliphatic rings. The molecule has 0 saturated carbocycles. The standard InChI is InChI=1S/C14H19NO2/c1-12-6-5-9-15(10-12)14(16)17-11-13-7-3-2-4-8-13/h2-4,7-8,12H,5-6,9-11H2,1H3/t12-/m0/s1. The van der Waals surface area contributed by atoms with Crippen molar-refractivity contribution in [2.24, 2.45) is 5.92 Å². The van der Waals surface area contributed by atoms with Gasteiger partial charge in [0, 0.05) is 13.1 Å². The van der Waals surface area contributed by atoms with E-state index in [4.69, 9.17) is 4.74 Å². The second-order valence-corrected chi connectivity index (χ2v) is 4.73. The summed E-state index contributed by atoms with van der Waals surface area (Å²) in [4.78, 5) is 13.6. The molecule has 0 aromatic heterocycles. The maximum atomic E-state index is 11.8. The Bertz CT molecular complexity index is 364. The number of nitrogens with zero attached hydrogens (tertiary/aromatic N) is 1. The third-order valence-corrected chi connectivity index (χ3v) is 3.12. The number of piperidine rings is 1. The summed E-state index contributed by atoms with van der Waals surface area (Å²) in [5.74, 6) is 0.591. The van der Waals surface area contributed by atoms with E-state index < -0.39 is 0 Å². The number of rotatable bonds is 2. The SMILES string of the molecule is C[C@H]1CCCN(C(=O)OCc2ccccc2)C1. The number of benzene rings is 1. The van der Waals surface area contributed by atoms with Crippen LogP contribution in [0, 0.1) is 5.92 Å². The molecule has 1 fully saturated rings. The molecule has 1 saturated heterocycles. The van der Waals surface area contributed by atoms with Crippen LogP contribution in [0.4, 0.5) is 4.79 Å². The van der Waals surface area contributed by atoms with E-state index in [1.54, 1.807) is 0 Å². The average Bonchev–Trinajstić information content (AvgIpc) is 2.37. The largest absolute Gasteiger partial charge is 0.445 e. The molecule has 92 valence electrons. The highest BCUT2D eigenvalue weighted by Crippen LogP contribution is 2.16. The summed E-state index contributed by atoms with van der Waals surface area (Å²) in [6, 6.07) is 9.79. The quantitative estimate of drug-likeness (QED) is 0.785. The summed E-state index contributed by atoms with van der Waals surface area (Å²) >= 11 is 0. The van der Waals surface area contributed by atoms with E-state index in [1.807, 2.05) is 35.2 Å². The van der Waals surface area contributed by atoms with Crippen LogP contribution in [-0.4, -0.2) is 24.1 Å². The van der Waals surface area contributed by atoms with Gasteiger partial charge < -0.3 is 9.64 Å². The maximum absolute atomic E-state index is 11.8. The molecule has 0 aliphatic carbocycles. The van der Waals surface area contributed by atoms with Crippen LogP contribution in [-0.2, 0) is 11.3 Å². The second-order valence-electron chi connectivity index (χ2n) is 4.73. The molecule has 0 bridgehead atoms. The molecule has 0 radical (unpaired) electrons. The molecule has 0 unspecified atom stereocenters. The van der Waals surface area contributed by atoms with Crippen LogP contribution in [0.3, 0.4) is 0 Å². The third-order valence-electron chi connectivity index (χ3n) is 3.12. The zero-order valence-electron chi connectivity index (χ0n) is 10.3. The van der Waals surface area contributed by atoms with Gasteiger partial charge in [-0.05, 0) is 24.3 Å². The Kier molecular flexibility index (Phi) is 4.02. The Morgan fingerprint density at radius 2 is 2.18 bits per heavy atom. The van der Waals surface area contributed by atoms with E-state index in [0.717, 1.165) is 25.1 Å². The van der Waals surface area contributed by atoms with Crippen molar-refractivity contribution in [1.82, 2.24) is 4.90 Å². The van der Waals surface area contributed by atoms with Crippen molar-refractivity contribution < 1.29 is 9.53 Å². The minimum absolute atomic E-state index is 0.180. The third kappa shape index (κ3) is 3.48. The average molecular weight is 233 g/mol. The van der Waals surface area contributed by atoms with Gasteiger partial charge >= 0.3 is 6.09 Å². The summed E-state index contributed by atoms with van der Waals surface area (Å²) in [6.07, 6.45) is 2.12. The summed E-state index contributed by atoms with van der Waals surface area (Å²) in [5.41, 5.74) is 1.03. The summed E-state index contributed by atoms with van der Waals surface area (Å²) in [6.45, 7) is 4.20. The predicted octanol–water partition coefficient (Wildman–Crippen LogP) is 3.06. The highest BCUT2D eigenvalue weighted by Gasteiger charge is 2.21. The fourth-order valence-electron chi connectivity index (χ4n) is 2.17. The Hall–Kier alpha value is -1.51. The fourth-order valence-corrected chi connectivity index (χ4v) is 2.17. The number of hydrogen-bond acceptors (Lipinski definition) is 2. The molecule has 3 nitrogen and oxygen atoms in total. The fraction of sp³-hybridized carbons (Fsp3) is 0.500. The minimum atomic E-state index is -0.180. The van der Waals surface area contributed by atoms with Crippen molar-refractivity contribution in [3.63, 3.8) is 0 Å². The normalized spacial score (nSPS) is 20.1. The highest BCUT2D eigenvalue weighted by molar-refractivity contribution is 5.67. The van der Waals surface area contributed by atoms with E-state index >= 15 is 0 Å². The van der Waals surface area contributed by atoms with Crippen LogP contribution in [0.25, 0.3) is 0 Å². The Morgan fingerprint density at radius 1 is 1.41 bits per heavy atom. The topological polar surface area (TPSA) is 29.5 Å². The highest BCUT2D eigenvalue weighted by atomic mass is 16.6. The van der Waals surface area contributed by atoms with Gasteiger partial charge in [-0.25, -0.2) is 4.79 Å². The summed E-state index contributed by atoms with van der Waals surface area (Å²) in [5, 5.41) is 0. The molecular weight excluding hydrogens is 214 g/mol. The number of carbonyl (C=O) groups is 1. The van der Waals surface area contributed by atoms with Crippen molar-refractivity contribution in [1.29, 1.82) is 0 Å². The zero-order valence-corrected chi connectivity index (χ0v) is 10.3. The van der Waals surface area contributed by atoms with Crippen molar-refractivity contribution >= 4 is 6.09 Å². The molecule has 3 heteroatoms. The molecule has 0 N–H and O–H groups in total. The maximum Gasteiger partial charge on any atom is 0.410 e. The zero-order chi connectivity index (χ0) is 12.1. The van der Waals surface area contributed by atoms with E-state index in [-0.39, 0.29) is 6.09 Å². The van der Waals surface area contributed by atoms with Crippen LogP contribution < -0.4 is 0 Å². The number of amides is 1. The summed E-state index contributed by atoms with van der Waals surface area (Å²) in [7, 11) is 0. The number of carbonyl (C=O) groups excluding carboxylic acids is 1. The first-order valence-electron chi connectivity index (χ1n) is 6.21. The Balaban J connectivity index is 1.81. The van der Waals surface area contributed by atoms with E-state index in [1.165, 1.54) is 6.42 Å². The lowest BCUT2D eigenvalue weighted by Gasteiger charge is -2.30. The lowest BCUT2D eigenvalue weighted by atomic mass is 10.0. The van der Waals surface area contributed by atoms with Gasteiger partial charge in [-0.3, -0.25) is 0 Å². The lowest BCUT2D eigenvalue weighted by molar-refractivity contribution is 0.0810. The summed E-state index contributed by atoms with van der Waals surface area (Å²) < 4.78 is 5.30. The smallest absolute Gasteiger partial charge is 0.410 e. The number of hydrogen-bond donors (Lipinski definition) is 0. The molecule has 0 spiro atoms. The van der Waals surface area contributed by atoms with Gasteiger partial charge in [0.2, 0.25) is 0 Å². The van der Waals surface area contributed by atoms with Gasteiger partial charge in [0.05, 0.1) is 0 Å². The van der Waals surface area contributed by atoms with Gasteiger partial charge in [0.25, 0.3) is 0 Å². The molecule has 17 heavy (non-hydrogen) atoms. The Morgan fingerprint density at radius 3 is 2.88 bits per heavy atom. The second kappa shape index (κ2) is 5.71. The van der Waals surface area contributed by atoms with Gasteiger partial charge in [0.15, 0.2) is 0 Å². The number of likely N-dealkylation sites (tertiary alicyclic amines) is 1. The van der Waals surface area contributed by atoms with Gasteiger partial charge in [-0.1, -0.05) is 37.3 Å². The van der Waals surface area contributed by atoms with Crippen molar-refractivity contribution in [3.05, 3.63) is 35.9 Å². The van der Waals surface area contributed by atoms with E-state index in [2.05, 4.69) is 6.92 Å². The molecule has 1 aromatic carbocycles. The first-order valence-corrected chi connectivity index (χ1v) is 6.21. The predicted molar refractivity (Wildman–Crippen MR) is 66.6 cm³/mol. The first kappa shape index (κ1) is 12.0. The molecule has 1 heterocycles. The molecule has 2 rings (SSSR count). The van der Waals surface area contributed by atoms with E-state index in [0.29, 0.717) is 12.5 Å². The van der Waals surface area contributed by atoms with Crippen molar-refractivity contribution in [2.45, 2.75) is 26.4 Å². The first-order chi connectivity index (χ1) is 8.25. The van der Waals surface area contributed by atoms with Crippen molar-refractivity contribution in [2.75, 3.05) is 13.1 Å². The Labute approximate surface area is 102 Å². The van der Waals surface area contributed by atoms with Crippen LogP contribution in [0.5, 0.6) is 0 Å².